The number of rotatable bonds is 1. The van der Waals surface area contributed by atoms with E-state index in [2.05, 4.69) is 11.8 Å². The molecule has 1 saturated carbocycles. The predicted octanol–water partition coefficient (Wildman–Crippen LogP) is 1.53. The van der Waals surface area contributed by atoms with Crippen molar-refractivity contribution in [2.45, 2.75) is 38.6 Å². The third-order valence-electron chi connectivity index (χ3n) is 2.26. The zero-order valence-corrected chi connectivity index (χ0v) is 6.56. The van der Waals surface area contributed by atoms with Crippen molar-refractivity contribution < 1.29 is 0 Å². The lowest BCUT2D eigenvalue weighted by atomic mass is 10.0. The maximum Gasteiger partial charge on any atom is 0.0132 e. The summed E-state index contributed by atoms with van der Waals surface area (Å²) in [5.74, 6) is 6.69. The standard InChI is InChI=1S/C9H15N/c1-2-3-5-8-6-4-7-9(8)10/h8-9H,4-7,10H2,1H3. The lowest BCUT2D eigenvalue weighted by molar-refractivity contribution is 0.493. The van der Waals surface area contributed by atoms with Crippen LogP contribution in [-0.4, -0.2) is 6.04 Å². The molecule has 1 heteroatoms. The van der Waals surface area contributed by atoms with Gasteiger partial charge in [0.15, 0.2) is 0 Å². The van der Waals surface area contributed by atoms with Crippen LogP contribution in [0.2, 0.25) is 0 Å². The molecule has 1 rings (SSSR count). The van der Waals surface area contributed by atoms with Crippen LogP contribution < -0.4 is 5.73 Å². The highest BCUT2D eigenvalue weighted by molar-refractivity contribution is 4.99. The maximum atomic E-state index is 5.85. The molecule has 0 spiro atoms. The quantitative estimate of drug-likeness (QED) is 0.545. The summed E-state index contributed by atoms with van der Waals surface area (Å²) < 4.78 is 0. The Bertz CT molecular complexity index is 152. The second-order valence-corrected chi connectivity index (χ2v) is 2.99. The van der Waals surface area contributed by atoms with Crippen LogP contribution in [0.4, 0.5) is 0 Å². The first-order chi connectivity index (χ1) is 4.84. The summed E-state index contributed by atoms with van der Waals surface area (Å²) in [6, 6.07) is 0.431. The van der Waals surface area contributed by atoms with Crippen molar-refractivity contribution in [2.24, 2.45) is 11.7 Å². The van der Waals surface area contributed by atoms with E-state index in [9.17, 15) is 0 Å². The first-order valence-electron chi connectivity index (χ1n) is 3.99. The molecule has 56 valence electrons. The largest absolute Gasteiger partial charge is 0.327 e. The molecule has 0 aromatic heterocycles. The first-order valence-corrected chi connectivity index (χ1v) is 3.99. The van der Waals surface area contributed by atoms with E-state index in [0.29, 0.717) is 12.0 Å². The monoisotopic (exact) mass is 137 g/mol. The predicted molar refractivity (Wildman–Crippen MR) is 43.4 cm³/mol. The van der Waals surface area contributed by atoms with E-state index in [-0.39, 0.29) is 0 Å². The Morgan fingerprint density at radius 1 is 1.50 bits per heavy atom. The van der Waals surface area contributed by atoms with E-state index in [1.54, 1.807) is 0 Å². The van der Waals surface area contributed by atoms with Crippen LogP contribution >= 0.6 is 0 Å². The van der Waals surface area contributed by atoms with Gasteiger partial charge in [0.1, 0.15) is 0 Å². The summed E-state index contributed by atoms with van der Waals surface area (Å²) >= 11 is 0. The Kier molecular flexibility index (Phi) is 2.77. The maximum absolute atomic E-state index is 5.85. The SMILES string of the molecule is CC#CCC1CCCC1N. The highest BCUT2D eigenvalue weighted by atomic mass is 14.7. The van der Waals surface area contributed by atoms with Crippen LogP contribution in [0.15, 0.2) is 0 Å². The van der Waals surface area contributed by atoms with Gasteiger partial charge in [-0.1, -0.05) is 6.42 Å². The highest BCUT2D eigenvalue weighted by Gasteiger charge is 2.22. The summed E-state index contributed by atoms with van der Waals surface area (Å²) in [5, 5.41) is 0. The van der Waals surface area contributed by atoms with Crippen LogP contribution in [0.3, 0.4) is 0 Å². The molecule has 0 amide bonds. The minimum absolute atomic E-state index is 0.431. The third kappa shape index (κ3) is 1.75. The van der Waals surface area contributed by atoms with Crippen molar-refractivity contribution in [2.75, 3.05) is 0 Å². The average molecular weight is 137 g/mol. The molecule has 0 aliphatic heterocycles. The molecular formula is C9H15N. The van der Waals surface area contributed by atoms with E-state index in [0.717, 1.165) is 6.42 Å². The number of hydrogen-bond donors (Lipinski definition) is 1. The van der Waals surface area contributed by atoms with Gasteiger partial charge in [0.2, 0.25) is 0 Å². The zero-order valence-electron chi connectivity index (χ0n) is 6.56. The van der Waals surface area contributed by atoms with Crippen molar-refractivity contribution in [1.82, 2.24) is 0 Å². The van der Waals surface area contributed by atoms with Crippen LogP contribution in [0.1, 0.15) is 32.6 Å². The molecule has 2 atom stereocenters. The van der Waals surface area contributed by atoms with E-state index in [1.807, 2.05) is 6.92 Å². The van der Waals surface area contributed by atoms with Gasteiger partial charge in [-0.3, -0.25) is 0 Å². The fourth-order valence-corrected chi connectivity index (χ4v) is 1.55. The molecule has 1 nitrogen and oxygen atoms in total. The highest BCUT2D eigenvalue weighted by Crippen LogP contribution is 2.25. The van der Waals surface area contributed by atoms with Crippen molar-refractivity contribution in [3.05, 3.63) is 0 Å². The van der Waals surface area contributed by atoms with E-state index < -0.39 is 0 Å². The molecule has 10 heavy (non-hydrogen) atoms. The Morgan fingerprint density at radius 3 is 2.80 bits per heavy atom. The molecule has 0 bridgehead atoms. The number of hydrogen-bond acceptors (Lipinski definition) is 1. The average Bonchev–Trinajstić information content (AvgIpc) is 2.31. The van der Waals surface area contributed by atoms with Crippen molar-refractivity contribution >= 4 is 0 Å². The summed E-state index contributed by atoms with van der Waals surface area (Å²) in [6.07, 6.45) is 4.81. The fraction of sp³-hybridized carbons (Fsp3) is 0.778. The van der Waals surface area contributed by atoms with Gasteiger partial charge in [-0.05, 0) is 25.7 Å². The Morgan fingerprint density at radius 2 is 2.30 bits per heavy atom. The summed E-state index contributed by atoms with van der Waals surface area (Å²) in [4.78, 5) is 0. The topological polar surface area (TPSA) is 26.0 Å². The second-order valence-electron chi connectivity index (χ2n) is 2.99. The van der Waals surface area contributed by atoms with Crippen molar-refractivity contribution in [3.8, 4) is 11.8 Å². The van der Waals surface area contributed by atoms with Crippen LogP contribution in [0, 0.1) is 17.8 Å². The van der Waals surface area contributed by atoms with E-state index in [4.69, 9.17) is 5.73 Å². The number of nitrogens with two attached hydrogens (primary N) is 1. The zero-order chi connectivity index (χ0) is 7.40. The molecule has 1 aliphatic rings. The molecule has 0 aromatic carbocycles. The minimum atomic E-state index is 0.431. The fourth-order valence-electron chi connectivity index (χ4n) is 1.55. The van der Waals surface area contributed by atoms with Crippen LogP contribution in [0.5, 0.6) is 0 Å². The van der Waals surface area contributed by atoms with Crippen LogP contribution in [0.25, 0.3) is 0 Å². The van der Waals surface area contributed by atoms with Gasteiger partial charge in [0, 0.05) is 12.5 Å². The Hall–Kier alpha value is -0.480. The van der Waals surface area contributed by atoms with Crippen molar-refractivity contribution in [1.29, 1.82) is 0 Å². The molecular weight excluding hydrogens is 122 g/mol. The van der Waals surface area contributed by atoms with Gasteiger partial charge < -0.3 is 5.73 Å². The molecule has 0 saturated heterocycles. The van der Waals surface area contributed by atoms with Gasteiger partial charge >= 0.3 is 0 Å². The first kappa shape index (κ1) is 7.63. The molecule has 0 aromatic rings. The molecule has 1 aliphatic carbocycles. The van der Waals surface area contributed by atoms with Crippen LogP contribution in [-0.2, 0) is 0 Å². The molecule has 2 unspecified atom stereocenters. The Balaban J connectivity index is 2.31. The summed E-state index contributed by atoms with van der Waals surface area (Å²) in [6.45, 7) is 1.89. The normalized spacial score (nSPS) is 31.4. The van der Waals surface area contributed by atoms with Gasteiger partial charge in [0.25, 0.3) is 0 Å². The third-order valence-corrected chi connectivity index (χ3v) is 2.26. The lowest BCUT2D eigenvalue weighted by Crippen LogP contribution is -2.23. The molecule has 2 N–H and O–H groups in total. The lowest BCUT2D eigenvalue weighted by Gasteiger charge is -2.10. The molecule has 0 heterocycles. The molecule has 0 radical (unpaired) electrons. The van der Waals surface area contributed by atoms with E-state index in [1.165, 1.54) is 19.3 Å². The van der Waals surface area contributed by atoms with Gasteiger partial charge in [-0.25, -0.2) is 0 Å². The van der Waals surface area contributed by atoms with Gasteiger partial charge in [-0.15, -0.1) is 11.8 Å². The molecule has 1 fully saturated rings. The summed E-state index contributed by atoms with van der Waals surface area (Å²) in [5.41, 5.74) is 5.85. The summed E-state index contributed by atoms with van der Waals surface area (Å²) in [7, 11) is 0. The van der Waals surface area contributed by atoms with Crippen molar-refractivity contribution in [3.63, 3.8) is 0 Å². The second kappa shape index (κ2) is 3.63. The van der Waals surface area contributed by atoms with Gasteiger partial charge in [0.05, 0.1) is 0 Å². The van der Waals surface area contributed by atoms with Gasteiger partial charge in [-0.2, -0.15) is 0 Å². The van der Waals surface area contributed by atoms with E-state index >= 15 is 0 Å². The smallest absolute Gasteiger partial charge is 0.0132 e. The Labute approximate surface area is 63.0 Å². The minimum Gasteiger partial charge on any atom is -0.327 e.